The van der Waals surface area contributed by atoms with Gasteiger partial charge in [-0.3, -0.25) is 0 Å². The Morgan fingerprint density at radius 1 is 0.594 bits per heavy atom. The Hall–Kier alpha value is -4.12. The average molecular weight is 428 g/mol. The van der Waals surface area contributed by atoms with Crippen LogP contribution >= 0.6 is 0 Å². The van der Waals surface area contributed by atoms with Crippen LogP contribution in [0.4, 0.5) is 17.1 Å². The highest BCUT2D eigenvalue weighted by atomic mass is 16.5. The molecule has 4 rings (SSSR count). The zero-order chi connectivity index (χ0) is 22.8. The molecule has 0 atom stereocenters. The molecular weight excluding hydrogens is 402 g/mol. The quantitative estimate of drug-likeness (QED) is 0.320. The standard InChI is InChI=1S/C27H25NO4/c1-17-7-9-26(30)24(13-17)28(25-14-18(2)8-10-27(25)31)20-5-4-6-22(15-20)32-23-12-19(3)11-21(29)16-23/h4-16,29-31H,1-3H3. The van der Waals surface area contributed by atoms with Crippen LogP contribution in [0.2, 0.25) is 0 Å². The summed E-state index contributed by atoms with van der Waals surface area (Å²) in [4.78, 5) is 1.80. The molecule has 0 saturated carbocycles. The van der Waals surface area contributed by atoms with E-state index < -0.39 is 0 Å². The van der Waals surface area contributed by atoms with E-state index in [0.717, 1.165) is 16.7 Å². The van der Waals surface area contributed by atoms with Gasteiger partial charge in [-0.25, -0.2) is 0 Å². The highest BCUT2D eigenvalue weighted by molar-refractivity contribution is 5.83. The number of hydrogen-bond donors (Lipinski definition) is 3. The third-order valence-electron chi connectivity index (χ3n) is 5.09. The number of phenols is 3. The molecule has 0 saturated heterocycles. The Balaban J connectivity index is 1.84. The van der Waals surface area contributed by atoms with Gasteiger partial charge in [0.2, 0.25) is 0 Å². The van der Waals surface area contributed by atoms with Crippen LogP contribution < -0.4 is 9.64 Å². The summed E-state index contributed by atoms with van der Waals surface area (Å²) >= 11 is 0. The predicted molar refractivity (Wildman–Crippen MR) is 127 cm³/mol. The van der Waals surface area contributed by atoms with Crippen LogP contribution in [0.25, 0.3) is 0 Å². The van der Waals surface area contributed by atoms with Crippen LogP contribution in [-0.2, 0) is 0 Å². The second-order valence-corrected chi connectivity index (χ2v) is 7.92. The van der Waals surface area contributed by atoms with Crippen molar-refractivity contribution in [2.24, 2.45) is 0 Å². The zero-order valence-electron chi connectivity index (χ0n) is 18.2. The number of hydrogen-bond acceptors (Lipinski definition) is 5. The fourth-order valence-corrected chi connectivity index (χ4v) is 3.64. The van der Waals surface area contributed by atoms with E-state index in [1.165, 1.54) is 0 Å². The first-order chi connectivity index (χ1) is 15.3. The van der Waals surface area contributed by atoms with Crippen molar-refractivity contribution in [3.63, 3.8) is 0 Å². The third-order valence-corrected chi connectivity index (χ3v) is 5.09. The molecule has 0 aliphatic carbocycles. The molecule has 0 aromatic heterocycles. The largest absolute Gasteiger partial charge is 0.508 e. The minimum absolute atomic E-state index is 0.0893. The van der Waals surface area contributed by atoms with Crippen LogP contribution in [0.3, 0.4) is 0 Å². The molecule has 0 amide bonds. The van der Waals surface area contributed by atoms with Gasteiger partial charge in [0.1, 0.15) is 28.7 Å². The minimum Gasteiger partial charge on any atom is -0.508 e. The summed E-state index contributed by atoms with van der Waals surface area (Å²) in [6.45, 7) is 5.77. The molecule has 0 unspecified atom stereocenters. The van der Waals surface area contributed by atoms with E-state index >= 15 is 0 Å². The first kappa shape index (κ1) is 21.1. The van der Waals surface area contributed by atoms with Crippen molar-refractivity contribution in [1.29, 1.82) is 0 Å². The molecular formula is C27H25NO4. The van der Waals surface area contributed by atoms with Crippen LogP contribution in [0.15, 0.2) is 78.9 Å². The number of aromatic hydroxyl groups is 3. The van der Waals surface area contributed by atoms with E-state index in [9.17, 15) is 15.3 Å². The summed E-state index contributed by atoms with van der Waals surface area (Å²) in [6.07, 6.45) is 0. The molecule has 5 heteroatoms. The Morgan fingerprint density at radius 2 is 1.22 bits per heavy atom. The van der Waals surface area contributed by atoms with Gasteiger partial charge in [-0.15, -0.1) is 0 Å². The maximum atomic E-state index is 10.7. The van der Waals surface area contributed by atoms with Gasteiger partial charge in [0.15, 0.2) is 0 Å². The number of phenolic OH excluding ortho intramolecular Hbond substituents is 3. The highest BCUT2D eigenvalue weighted by Gasteiger charge is 2.20. The molecule has 32 heavy (non-hydrogen) atoms. The number of benzene rings is 4. The fraction of sp³-hybridized carbons (Fsp3) is 0.111. The number of anilines is 3. The summed E-state index contributed by atoms with van der Waals surface area (Å²) in [6, 6.07) is 23.1. The second kappa shape index (κ2) is 8.55. The van der Waals surface area contributed by atoms with Crippen molar-refractivity contribution in [3.8, 4) is 28.7 Å². The molecule has 3 N–H and O–H groups in total. The SMILES string of the molecule is Cc1cc(O)cc(Oc2cccc(N(c3cc(C)ccc3O)c3cc(C)ccc3O)c2)c1. The molecule has 162 valence electrons. The highest BCUT2D eigenvalue weighted by Crippen LogP contribution is 2.45. The maximum absolute atomic E-state index is 10.7. The fourth-order valence-electron chi connectivity index (χ4n) is 3.64. The molecule has 4 aromatic carbocycles. The molecule has 5 nitrogen and oxygen atoms in total. The van der Waals surface area contributed by atoms with Gasteiger partial charge in [0.05, 0.1) is 17.1 Å². The molecule has 0 aliphatic heterocycles. The van der Waals surface area contributed by atoms with E-state index in [2.05, 4.69) is 0 Å². The molecule has 0 radical (unpaired) electrons. The Bertz CT molecular complexity index is 1210. The first-order valence-corrected chi connectivity index (χ1v) is 10.3. The van der Waals surface area contributed by atoms with Crippen molar-refractivity contribution in [2.75, 3.05) is 4.90 Å². The predicted octanol–water partition coefficient (Wildman–Crippen LogP) is 6.99. The smallest absolute Gasteiger partial charge is 0.139 e. The Labute approximate surface area is 187 Å². The molecule has 0 fully saturated rings. The van der Waals surface area contributed by atoms with Crippen molar-refractivity contribution >= 4 is 17.1 Å². The lowest BCUT2D eigenvalue weighted by molar-refractivity contribution is 0.454. The van der Waals surface area contributed by atoms with E-state index in [4.69, 9.17) is 4.74 Å². The summed E-state index contributed by atoms with van der Waals surface area (Å²) < 4.78 is 6.00. The number of ether oxygens (including phenoxy) is 1. The van der Waals surface area contributed by atoms with Crippen molar-refractivity contribution < 1.29 is 20.1 Å². The molecule has 4 aromatic rings. The van der Waals surface area contributed by atoms with Crippen molar-refractivity contribution in [1.82, 2.24) is 0 Å². The Morgan fingerprint density at radius 3 is 1.81 bits per heavy atom. The Kier molecular flexibility index (Phi) is 5.65. The monoisotopic (exact) mass is 427 g/mol. The molecule has 0 spiro atoms. The van der Waals surface area contributed by atoms with Gasteiger partial charge in [0, 0.05) is 12.1 Å². The van der Waals surface area contributed by atoms with Crippen molar-refractivity contribution in [3.05, 3.63) is 95.6 Å². The lowest BCUT2D eigenvalue weighted by atomic mass is 10.1. The third kappa shape index (κ3) is 4.47. The summed E-state index contributed by atoms with van der Waals surface area (Å²) in [7, 11) is 0. The van der Waals surface area contributed by atoms with Crippen LogP contribution in [0.1, 0.15) is 16.7 Å². The van der Waals surface area contributed by atoms with Gasteiger partial charge < -0.3 is 25.0 Å². The number of nitrogens with zero attached hydrogens (tertiary/aromatic N) is 1. The number of aryl methyl sites for hydroxylation is 3. The summed E-state index contributed by atoms with van der Waals surface area (Å²) in [5, 5.41) is 31.2. The van der Waals surface area contributed by atoms with Crippen LogP contribution in [0.5, 0.6) is 28.7 Å². The second-order valence-electron chi connectivity index (χ2n) is 7.92. The van der Waals surface area contributed by atoms with E-state index in [1.807, 2.05) is 75.4 Å². The number of rotatable bonds is 5. The van der Waals surface area contributed by atoms with Gasteiger partial charge in [-0.2, -0.15) is 0 Å². The average Bonchev–Trinajstić information content (AvgIpc) is 2.73. The van der Waals surface area contributed by atoms with Crippen LogP contribution in [0, 0.1) is 20.8 Å². The van der Waals surface area contributed by atoms with Gasteiger partial charge in [-0.1, -0.05) is 18.2 Å². The maximum Gasteiger partial charge on any atom is 0.139 e. The van der Waals surface area contributed by atoms with Gasteiger partial charge >= 0.3 is 0 Å². The van der Waals surface area contributed by atoms with E-state index in [1.54, 1.807) is 29.2 Å². The minimum atomic E-state index is 0.0893. The van der Waals surface area contributed by atoms with Crippen molar-refractivity contribution in [2.45, 2.75) is 20.8 Å². The molecule has 0 bridgehead atoms. The molecule has 0 aliphatic rings. The summed E-state index contributed by atoms with van der Waals surface area (Å²) in [5.74, 6) is 1.38. The lowest BCUT2D eigenvalue weighted by Gasteiger charge is -2.27. The van der Waals surface area contributed by atoms with Gasteiger partial charge in [-0.05, 0) is 86.0 Å². The van der Waals surface area contributed by atoms with Gasteiger partial charge in [0.25, 0.3) is 0 Å². The normalized spacial score (nSPS) is 10.7. The topological polar surface area (TPSA) is 73.2 Å². The lowest BCUT2D eigenvalue weighted by Crippen LogP contribution is -2.11. The van der Waals surface area contributed by atoms with Crippen LogP contribution in [-0.4, -0.2) is 15.3 Å². The van der Waals surface area contributed by atoms with E-state index in [-0.39, 0.29) is 17.2 Å². The zero-order valence-corrected chi connectivity index (χ0v) is 18.2. The molecule has 0 heterocycles. The summed E-state index contributed by atoms with van der Waals surface area (Å²) in [5.41, 5.74) is 4.59. The van der Waals surface area contributed by atoms with E-state index in [0.29, 0.717) is 28.6 Å². The first-order valence-electron chi connectivity index (χ1n) is 10.3.